The summed E-state index contributed by atoms with van der Waals surface area (Å²) in [4.78, 5) is 12.0. The number of para-hydroxylation sites is 1. The van der Waals surface area contributed by atoms with Crippen molar-refractivity contribution in [2.45, 2.75) is 13.0 Å². The van der Waals surface area contributed by atoms with Gasteiger partial charge in [0.25, 0.3) is 5.91 Å². The smallest absolute Gasteiger partial charge is 0.254 e. The predicted octanol–water partition coefficient (Wildman–Crippen LogP) is 3.46. The van der Waals surface area contributed by atoms with Gasteiger partial charge in [0.2, 0.25) is 0 Å². The Balaban J connectivity index is 2.21. The lowest BCUT2D eigenvalue weighted by molar-refractivity contribution is 0.0935. The summed E-state index contributed by atoms with van der Waals surface area (Å²) in [5.74, 6) is -1.48. The Morgan fingerprint density at radius 2 is 1.90 bits per heavy atom. The molecule has 0 fully saturated rings. The first kappa shape index (κ1) is 15.0. The Bertz CT molecular complexity index is 658. The van der Waals surface area contributed by atoms with E-state index in [9.17, 15) is 13.6 Å². The minimum absolute atomic E-state index is 0.322. The van der Waals surface area contributed by atoms with Crippen molar-refractivity contribution < 1.29 is 18.3 Å². The monoisotopic (exact) mass is 291 g/mol. The fraction of sp³-hybridized carbons (Fsp3) is 0.188. The van der Waals surface area contributed by atoms with Crippen molar-refractivity contribution in [3.05, 3.63) is 65.2 Å². The quantitative estimate of drug-likeness (QED) is 0.936. The topological polar surface area (TPSA) is 38.3 Å². The van der Waals surface area contributed by atoms with Gasteiger partial charge < -0.3 is 10.1 Å². The molecule has 21 heavy (non-hydrogen) atoms. The van der Waals surface area contributed by atoms with Crippen LogP contribution in [0.15, 0.2) is 42.5 Å². The summed E-state index contributed by atoms with van der Waals surface area (Å²) in [6, 6.07) is 9.54. The standard InChI is InChI=1S/C16H15F2NO2/c1-10(12-5-3-4-6-15(12)21-2)19-16(20)13-9-11(17)7-8-14(13)18/h3-10H,1-2H3,(H,19,20)/t10-/m0/s1. The molecule has 5 heteroatoms. The van der Waals surface area contributed by atoms with E-state index in [1.807, 2.05) is 12.1 Å². The average molecular weight is 291 g/mol. The van der Waals surface area contributed by atoms with Crippen molar-refractivity contribution in [3.63, 3.8) is 0 Å². The highest BCUT2D eigenvalue weighted by Crippen LogP contribution is 2.24. The Morgan fingerprint density at radius 1 is 1.19 bits per heavy atom. The van der Waals surface area contributed by atoms with E-state index < -0.39 is 23.6 Å². The van der Waals surface area contributed by atoms with Crippen LogP contribution in [-0.2, 0) is 0 Å². The van der Waals surface area contributed by atoms with E-state index in [0.717, 1.165) is 23.8 Å². The van der Waals surface area contributed by atoms with E-state index >= 15 is 0 Å². The molecule has 0 bridgehead atoms. The van der Waals surface area contributed by atoms with Crippen LogP contribution in [0.3, 0.4) is 0 Å². The van der Waals surface area contributed by atoms with Gasteiger partial charge in [-0.1, -0.05) is 18.2 Å². The maximum absolute atomic E-state index is 13.6. The normalized spacial score (nSPS) is 11.8. The Morgan fingerprint density at radius 3 is 2.62 bits per heavy atom. The lowest BCUT2D eigenvalue weighted by atomic mass is 10.1. The summed E-state index contributed by atoms with van der Waals surface area (Å²) < 4.78 is 31.9. The lowest BCUT2D eigenvalue weighted by Gasteiger charge is -2.17. The van der Waals surface area contributed by atoms with Crippen LogP contribution in [0.4, 0.5) is 8.78 Å². The van der Waals surface area contributed by atoms with Gasteiger partial charge >= 0.3 is 0 Å². The number of amides is 1. The molecule has 1 atom stereocenters. The van der Waals surface area contributed by atoms with E-state index in [1.54, 1.807) is 19.1 Å². The van der Waals surface area contributed by atoms with E-state index in [1.165, 1.54) is 7.11 Å². The number of ether oxygens (including phenoxy) is 1. The van der Waals surface area contributed by atoms with Crippen LogP contribution < -0.4 is 10.1 Å². The molecule has 110 valence electrons. The van der Waals surface area contributed by atoms with Gasteiger partial charge in [-0.2, -0.15) is 0 Å². The molecule has 0 saturated heterocycles. The molecule has 0 saturated carbocycles. The highest BCUT2D eigenvalue weighted by Gasteiger charge is 2.17. The Kier molecular flexibility index (Phi) is 4.52. The van der Waals surface area contributed by atoms with Crippen LogP contribution in [-0.4, -0.2) is 13.0 Å². The highest BCUT2D eigenvalue weighted by atomic mass is 19.1. The molecule has 2 aromatic carbocycles. The number of carbonyl (C=O) groups is 1. The first-order valence-electron chi connectivity index (χ1n) is 6.41. The largest absolute Gasteiger partial charge is 0.496 e. The summed E-state index contributed by atoms with van der Waals surface area (Å²) in [6.45, 7) is 1.74. The SMILES string of the molecule is COc1ccccc1[C@H](C)NC(=O)c1cc(F)ccc1F. The van der Waals surface area contributed by atoms with Crippen LogP contribution >= 0.6 is 0 Å². The second-order valence-electron chi connectivity index (χ2n) is 4.56. The van der Waals surface area contributed by atoms with Crippen LogP contribution in [0.2, 0.25) is 0 Å². The number of methoxy groups -OCH3 is 1. The Labute approximate surface area is 121 Å². The molecule has 0 spiro atoms. The fourth-order valence-electron chi connectivity index (χ4n) is 2.05. The van der Waals surface area contributed by atoms with Crippen LogP contribution in [0.25, 0.3) is 0 Å². The molecule has 2 rings (SSSR count). The van der Waals surface area contributed by atoms with Crippen molar-refractivity contribution >= 4 is 5.91 Å². The molecule has 0 aliphatic carbocycles. The maximum Gasteiger partial charge on any atom is 0.254 e. The summed E-state index contributed by atoms with van der Waals surface area (Å²) in [5.41, 5.74) is 0.432. The van der Waals surface area contributed by atoms with E-state index in [0.29, 0.717) is 5.75 Å². The third kappa shape index (κ3) is 3.37. The van der Waals surface area contributed by atoms with Gasteiger partial charge in [0.15, 0.2) is 0 Å². The van der Waals surface area contributed by atoms with Gasteiger partial charge in [-0.05, 0) is 31.2 Å². The summed E-state index contributed by atoms with van der Waals surface area (Å²) in [5, 5.41) is 2.63. The number of rotatable bonds is 4. The number of nitrogens with one attached hydrogen (secondary N) is 1. The van der Waals surface area contributed by atoms with Crippen molar-refractivity contribution in [3.8, 4) is 5.75 Å². The van der Waals surface area contributed by atoms with Crippen molar-refractivity contribution in [2.75, 3.05) is 7.11 Å². The van der Waals surface area contributed by atoms with Crippen LogP contribution in [0.5, 0.6) is 5.75 Å². The van der Waals surface area contributed by atoms with Gasteiger partial charge in [-0.15, -0.1) is 0 Å². The third-order valence-corrected chi connectivity index (χ3v) is 3.13. The number of benzene rings is 2. The van der Waals surface area contributed by atoms with E-state index in [4.69, 9.17) is 4.74 Å². The van der Waals surface area contributed by atoms with E-state index in [2.05, 4.69) is 5.32 Å². The number of hydrogen-bond acceptors (Lipinski definition) is 2. The second kappa shape index (κ2) is 6.35. The zero-order valence-corrected chi connectivity index (χ0v) is 11.7. The molecule has 3 nitrogen and oxygen atoms in total. The number of carbonyl (C=O) groups excluding carboxylic acids is 1. The molecular formula is C16H15F2NO2. The summed E-state index contributed by atoms with van der Waals surface area (Å²) in [7, 11) is 1.53. The zero-order valence-electron chi connectivity index (χ0n) is 11.7. The molecule has 0 aliphatic rings. The minimum atomic E-state index is -0.763. The second-order valence-corrected chi connectivity index (χ2v) is 4.56. The fourth-order valence-corrected chi connectivity index (χ4v) is 2.05. The number of hydrogen-bond donors (Lipinski definition) is 1. The third-order valence-electron chi connectivity index (χ3n) is 3.13. The summed E-state index contributed by atoms with van der Waals surface area (Å²) >= 11 is 0. The van der Waals surface area contributed by atoms with Gasteiger partial charge in [0, 0.05) is 5.56 Å². The molecule has 0 aromatic heterocycles. The van der Waals surface area contributed by atoms with Crippen molar-refractivity contribution in [1.29, 1.82) is 0 Å². The van der Waals surface area contributed by atoms with Gasteiger partial charge in [0.05, 0.1) is 18.7 Å². The lowest BCUT2D eigenvalue weighted by Crippen LogP contribution is -2.27. The summed E-state index contributed by atoms with van der Waals surface area (Å²) in [6.07, 6.45) is 0. The molecule has 0 heterocycles. The molecular weight excluding hydrogens is 276 g/mol. The maximum atomic E-state index is 13.6. The predicted molar refractivity (Wildman–Crippen MR) is 75.2 cm³/mol. The van der Waals surface area contributed by atoms with Crippen LogP contribution in [0, 0.1) is 11.6 Å². The molecule has 1 amide bonds. The number of halogens is 2. The molecule has 0 radical (unpaired) electrons. The average Bonchev–Trinajstić information content (AvgIpc) is 2.49. The van der Waals surface area contributed by atoms with E-state index in [-0.39, 0.29) is 5.56 Å². The molecule has 1 N–H and O–H groups in total. The van der Waals surface area contributed by atoms with Crippen molar-refractivity contribution in [2.24, 2.45) is 0 Å². The van der Waals surface area contributed by atoms with Crippen molar-refractivity contribution in [1.82, 2.24) is 5.32 Å². The van der Waals surface area contributed by atoms with Gasteiger partial charge in [-0.25, -0.2) is 8.78 Å². The first-order chi connectivity index (χ1) is 10.0. The zero-order chi connectivity index (χ0) is 15.4. The first-order valence-corrected chi connectivity index (χ1v) is 6.41. The molecule has 0 aliphatic heterocycles. The molecule has 2 aromatic rings. The Hall–Kier alpha value is -2.43. The van der Waals surface area contributed by atoms with Crippen LogP contribution in [0.1, 0.15) is 28.9 Å². The highest BCUT2D eigenvalue weighted by molar-refractivity contribution is 5.94. The van der Waals surface area contributed by atoms with Gasteiger partial charge in [-0.3, -0.25) is 4.79 Å². The minimum Gasteiger partial charge on any atom is -0.496 e. The van der Waals surface area contributed by atoms with Gasteiger partial charge in [0.1, 0.15) is 17.4 Å². The molecule has 0 unspecified atom stereocenters.